The summed E-state index contributed by atoms with van der Waals surface area (Å²) >= 11 is 0. The number of likely N-dealkylation sites (tertiary alicyclic amines) is 1. The summed E-state index contributed by atoms with van der Waals surface area (Å²) in [7, 11) is 0. The van der Waals surface area contributed by atoms with Gasteiger partial charge in [0.15, 0.2) is 0 Å². The fourth-order valence-electron chi connectivity index (χ4n) is 3.20. The lowest BCUT2D eigenvalue weighted by molar-refractivity contribution is -0.135. The van der Waals surface area contributed by atoms with E-state index in [1.54, 1.807) is 0 Å². The molecule has 116 valence electrons. The molecule has 2 rings (SSSR count). The molecule has 2 N–H and O–H groups in total. The quantitative estimate of drug-likeness (QED) is 0.905. The number of benzene rings is 1. The van der Waals surface area contributed by atoms with Crippen molar-refractivity contribution < 1.29 is 4.79 Å². The molecule has 1 amide bonds. The Morgan fingerprint density at radius 3 is 2.76 bits per heavy atom. The van der Waals surface area contributed by atoms with Crippen molar-refractivity contribution in [3.05, 3.63) is 35.9 Å². The molecule has 0 bridgehead atoms. The number of nitrogens with two attached hydrogens (primary N) is 1. The number of rotatable bonds is 5. The molecule has 3 heteroatoms. The van der Waals surface area contributed by atoms with Crippen LogP contribution in [0.4, 0.5) is 0 Å². The first-order valence-electron chi connectivity index (χ1n) is 8.32. The number of carbonyl (C=O) groups excluding carboxylic acids is 1. The van der Waals surface area contributed by atoms with Gasteiger partial charge in [0.05, 0.1) is 6.04 Å². The Labute approximate surface area is 128 Å². The maximum absolute atomic E-state index is 12.6. The van der Waals surface area contributed by atoms with Crippen LogP contribution in [0, 0.1) is 0 Å². The van der Waals surface area contributed by atoms with Crippen molar-refractivity contribution in [2.24, 2.45) is 5.73 Å². The van der Waals surface area contributed by atoms with Crippen molar-refractivity contribution in [3.8, 4) is 0 Å². The topological polar surface area (TPSA) is 46.3 Å². The van der Waals surface area contributed by atoms with Crippen LogP contribution in [0.25, 0.3) is 0 Å². The second-order valence-electron chi connectivity index (χ2n) is 6.07. The Bertz CT molecular complexity index is 432. The predicted molar refractivity (Wildman–Crippen MR) is 87.0 cm³/mol. The summed E-state index contributed by atoms with van der Waals surface area (Å²) in [5, 5.41) is 0. The van der Waals surface area contributed by atoms with Gasteiger partial charge in [-0.2, -0.15) is 0 Å². The zero-order valence-electron chi connectivity index (χ0n) is 13.1. The third kappa shape index (κ3) is 4.57. The van der Waals surface area contributed by atoms with E-state index in [-0.39, 0.29) is 11.9 Å². The van der Waals surface area contributed by atoms with Crippen LogP contribution in [0.1, 0.15) is 51.0 Å². The van der Waals surface area contributed by atoms with Gasteiger partial charge in [-0.15, -0.1) is 0 Å². The Hall–Kier alpha value is -1.35. The molecule has 1 aliphatic rings. The van der Waals surface area contributed by atoms with Gasteiger partial charge in [-0.3, -0.25) is 4.79 Å². The van der Waals surface area contributed by atoms with E-state index in [9.17, 15) is 4.79 Å². The summed E-state index contributed by atoms with van der Waals surface area (Å²) in [5.41, 5.74) is 7.43. The highest BCUT2D eigenvalue weighted by atomic mass is 16.2. The molecule has 1 unspecified atom stereocenters. The smallest absolute Gasteiger partial charge is 0.239 e. The third-order valence-electron chi connectivity index (χ3n) is 4.54. The van der Waals surface area contributed by atoms with Gasteiger partial charge in [0.2, 0.25) is 5.91 Å². The summed E-state index contributed by atoms with van der Waals surface area (Å²) in [6.45, 7) is 3.06. The highest BCUT2D eigenvalue weighted by Gasteiger charge is 2.27. The Morgan fingerprint density at radius 2 is 2.05 bits per heavy atom. The number of amides is 1. The predicted octanol–water partition coefficient (Wildman–Crippen LogP) is 3.13. The highest BCUT2D eigenvalue weighted by molar-refractivity contribution is 5.82. The van der Waals surface area contributed by atoms with Crippen LogP contribution < -0.4 is 5.73 Å². The largest absolute Gasteiger partial charge is 0.338 e. The van der Waals surface area contributed by atoms with E-state index in [4.69, 9.17) is 5.73 Å². The van der Waals surface area contributed by atoms with Gasteiger partial charge in [-0.25, -0.2) is 0 Å². The summed E-state index contributed by atoms with van der Waals surface area (Å²) in [4.78, 5) is 14.7. The van der Waals surface area contributed by atoms with Gasteiger partial charge in [0.25, 0.3) is 0 Å². The molecule has 2 atom stereocenters. The average Bonchev–Trinajstić information content (AvgIpc) is 2.78. The maximum atomic E-state index is 12.6. The number of nitrogens with zero attached hydrogens (tertiary/aromatic N) is 1. The summed E-state index contributed by atoms with van der Waals surface area (Å²) in [5.74, 6) is 0.152. The lowest BCUT2D eigenvalue weighted by Crippen LogP contribution is -2.48. The van der Waals surface area contributed by atoms with Crippen molar-refractivity contribution >= 4 is 5.91 Å². The van der Waals surface area contributed by atoms with Crippen molar-refractivity contribution in [2.45, 2.75) is 64.0 Å². The summed E-state index contributed by atoms with van der Waals surface area (Å²) in [6.07, 6.45) is 7.37. The average molecular weight is 288 g/mol. The Balaban J connectivity index is 1.91. The molecule has 0 aliphatic carbocycles. The van der Waals surface area contributed by atoms with E-state index in [1.807, 2.05) is 18.2 Å². The van der Waals surface area contributed by atoms with E-state index < -0.39 is 0 Å². The monoisotopic (exact) mass is 288 g/mol. The normalized spacial score (nSPS) is 20.9. The SMILES string of the molecule is CCC1CCCCCN1C(=O)[C@@H](N)CCc1ccccc1. The molecule has 21 heavy (non-hydrogen) atoms. The van der Waals surface area contributed by atoms with Crippen LogP contribution >= 0.6 is 0 Å². The zero-order valence-corrected chi connectivity index (χ0v) is 13.1. The van der Waals surface area contributed by atoms with E-state index in [1.165, 1.54) is 18.4 Å². The molecule has 1 aromatic carbocycles. The van der Waals surface area contributed by atoms with Gasteiger partial charge in [-0.1, -0.05) is 50.1 Å². The molecule has 0 radical (unpaired) electrons. The number of hydrogen-bond donors (Lipinski definition) is 1. The van der Waals surface area contributed by atoms with Crippen molar-refractivity contribution in [1.82, 2.24) is 4.90 Å². The van der Waals surface area contributed by atoms with Gasteiger partial charge < -0.3 is 10.6 Å². The van der Waals surface area contributed by atoms with Crippen LogP contribution in [0.3, 0.4) is 0 Å². The van der Waals surface area contributed by atoms with Crippen molar-refractivity contribution in [1.29, 1.82) is 0 Å². The Morgan fingerprint density at radius 1 is 1.29 bits per heavy atom. The molecule has 0 aromatic heterocycles. The van der Waals surface area contributed by atoms with Crippen LogP contribution in [-0.4, -0.2) is 29.4 Å². The van der Waals surface area contributed by atoms with E-state index in [2.05, 4.69) is 24.0 Å². The first kappa shape index (κ1) is 16.0. The molecule has 1 aliphatic heterocycles. The summed E-state index contributed by atoms with van der Waals surface area (Å²) < 4.78 is 0. The van der Waals surface area contributed by atoms with Crippen LogP contribution in [0.5, 0.6) is 0 Å². The van der Waals surface area contributed by atoms with Crippen LogP contribution in [-0.2, 0) is 11.2 Å². The fourth-order valence-corrected chi connectivity index (χ4v) is 3.20. The third-order valence-corrected chi connectivity index (χ3v) is 4.54. The van der Waals surface area contributed by atoms with Crippen molar-refractivity contribution in [3.63, 3.8) is 0 Å². The van der Waals surface area contributed by atoms with E-state index in [0.717, 1.165) is 38.6 Å². The number of aryl methyl sites for hydroxylation is 1. The molecule has 3 nitrogen and oxygen atoms in total. The van der Waals surface area contributed by atoms with E-state index >= 15 is 0 Å². The van der Waals surface area contributed by atoms with Gasteiger partial charge in [0.1, 0.15) is 0 Å². The van der Waals surface area contributed by atoms with Crippen molar-refractivity contribution in [2.75, 3.05) is 6.54 Å². The molecule has 0 saturated carbocycles. The minimum atomic E-state index is -0.364. The zero-order chi connectivity index (χ0) is 15.1. The minimum absolute atomic E-state index is 0.152. The van der Waals surface area contributed by atoms with Gasteiger partial charge in [-0.05, 0) is 37.7 Å². The fraction of sp³-hybridized carbons (Fsp3) is 0.611. The molecule has 1 saturated heterocycles. The number of carbonyl (C=O) groups is 1. The number of hydrogen-bond acceptors (Lipinski definition) is 2. The first-order chi connectivity index (χ1) is 10.2. The Kier molecular flexibility index (Phi) is 6.24. The molecule has 1 aromatic rings. The minimum Gasteiger partial charge on any atom is -0.338 e. The second kappa shape index (κ2) is 8.18. The molecular weight excluding hydrogens is 260 g/mol. The lowest BCUT2D eigenvalue weighted by Gasteiger charge is -2.31. The lowest BCUT2D eigenvalue weighted by atomic mass is 10.0. The van der Waals surface area contributed by atoms with E-state index in [0.29, 0.717) is 6.04 Å². The summed E-state index contributed by atoms with van der Waals surface area (Å²) in [6, 6.07) is 10.3. The van der Waals surface area contributed by atoms with Gasteiger partial charge in [0, 0.05) is 12.6 Å². The van der Waals surface area contributed by atoms with Crippen LogP contribution in [0.2, 0.25) is 0 Å². The molecule has 1 heterocycles. The standard InChI is InChI=1S/C18H28N2O/c1-2-16-11-7-4-8-14-20(16)18(21)17(19)13-12-15-9-5-3-6-10-15/h3,5-6,9-10,16-17H,2,4,7-8,11-14,19H2,1H3/t16?,17-/m0/s1. The second-order valence-corrected chi connectivity index (χ2v) is 6.07. The first-order valence-corrected chi connectivity index (χ1v) is 8.32. The molecule has 0 spiro atoms. The van der Waals surface area contributed by atoms with Crippen LogP contribution in [0.15, 0.2) is 30.3 Å². The van der Waals surface area contributed by atoms with Gasteiger partial charge >= 0.3 is 0 Å². The molecule has 1 fully saturated rings. The highest BCUT2D eigenvalue weighted by Crippen LogP contribution is 2.20. The molecular formula is C18H28N2O. The maximum Gasteiger partial charge on any atom is 0.239 e.